The molecular weight excluding hydrogens is 274 g/mol. The van der Waals surface area contributed by atoms with E-state index in [1.165, 1.54) is 0 Å². The first-order chi connectivity index (χ1) is 9.67. The van der Waals surface area contributed by atoms with Gasteiger partial charge in [-0.05, 0) is 44.5 Å². The monoisotopic (exact) mass is 297 g/mol. The van der Waals surface area contributed by atoms with Crippen molar-refractivity contribution in [2.75, 3.05) is 20.3 Å². The van der Waals surface area contributed by atoms with E-state index in [-0.39, 0.29) is 12.1 Å². The maximum atomic E-state index is 6.18. The second kappa shape index (κ2) is 7.30. The number of hydrogen-bond donors (Lipinski definition) is 1. The molecular formula is C16H24ClNO2. The highest BCUT2D eigenvalue weighted by atomic mass is 35.5. The fourth-order valence-electron chi connectivity index (χ4n) is 2.93. The molecule has 0 aromatic heterocycles. The van der Waals surface area contributed by atoms with E-state index in [4.69, 9.17) is 21.1 Å². The highest BCUT2D eigenvalue weighted by Crippen LogP contribution is 2.38. The van der Waals surface area contributed by atoms with Gasteiger partial charge in [-0.2, -0.15) is 0 Å². The summed E-state index contributed by atoms with van der Waals surface area (Å²) in [6.07, 6.45) is 2.42. The summed E-state index contributed by atoms with van der Waals surface area (Å²) < 4.78 is 11.3. The van der Waals surface area contributed by atoms with Crippen molar-refractivity contribution in [1.82, 2.24) is 5.32 Å². The maximum Gasteiger partial charge on any atom is 0.123 e. The van der Waals surface area contributed by atoms with Gasteiger partial charge < -0.3 is 14.8 Å². The lowest BCUT2D eigenvalue weighted by Gasteiger charge is -2.28. The average Bonchev–Trinajstić information content (AvgIpc) is 2.86. The Morgan fingerprint density at radius 1 is 1.50 bits per heavy atom. The molecule has 0 spiro atoms. The van der Waals surface area contributed by atoms with Crippen LogP contribution in [0.5, 0.6) is 5.75 Å². The molecule has 0 amide bonds. The van der Waals surface area contributed by atoms with Gasteiger partial charge in [0.15, 0.2) is 0 Å². The zero-order valence-corrected chi connectivity index (χ0v) is 13.2. The van der Waals surface area contributed by atoms with E-state index < -0.39 is 0 Å². The van der Waals surface area contributed by atoms with Crippen LogP contribution in [-0.2, 0) is 4.74 Å². The van der Waals surface area contributed by atoms with Crippen LogP contribution in [0.3, 0.4) is 0 Å². The van der Waals surface area contributed by atoms with Crippen LogP contribution in [0, 0.1) is 5.92 Å². The van der Waals surface area contributed by atoms with Gasteiger partial charge in [0.25, 0.3) is 0 Å². The summed E-state index contributed by atoms with van der Waals surface area (Å²) in [6, 6.07) is 6.05. The zero-order valence-electron chi connectivity index (χ0n) is 12.5. The van der Waals surface area contributed by atoms with Crippen LogP contribution in [0.2, 0.25) is 5.02 Å². The van der Waals surface area contributed by atoms with E-state index in [9.17, 15) is 0 Å². The van der Waals surface area contributed by atoms with Crippen molar-refractivity contribution in [2.45, 2.75) is 38.8 Å². The molecule has 1 aromatic rings. The lowest BCUT2D eigenvalue weighted by Crippen LogP contribution is -2.32. The molecule has 1 aromatic carbocycles. The van der Waals surface area contributed by atoms with E-state index in [2.05, 4.69) is 19.2 Å². The summed E-state index contributed by atoms with van der Waals surface area (Å²) in [5.74, 6) is 1.34. The molecule has 1 aliphatic rings. The predicted octanol–water partition coefficient (Wildman–Crippen LogP) is 3.81. The number of ether oxygens (including phenoxy) is 2. The molecule has 3 nitrogen and oxygen atoms in total. The molecule has 1 N–H and O–H groups in total. The molecule has 1 aliphatic heterocycles. The van der Waals surface area contributed by atoms with Gasteiger partial charge in [-0.3, -0.25) is 0 Å². The van der Waals surface area contributed by atoms with E-state index in [0.717, 1.165) is 42.3 Å². The van der Waals surface area contributed by atoms with E-state index in [0.29, 0.717) is 5.92 Å². The second-order valence-electron chi connectivity index (χ2n) is 5.35. The van der Waals surface area contributed by atoms with Crippen LogP contribution in [-0.4, -0.2) is 26.4 Å². The van der Waals surface area contributed by atoms with Crippen molar-refractivity contribution >= 4 is 11.6 Å². The molecule has 0 aliphatic carbocycles. The van der Waals surface area contributed by atoms with Crippen LogP contribution >= 0.6 is 11.6 Å². The summed E-state index contributed by atoms with van der Waals surface area (Å²) in [5.41, 5.74) is 1.14. The van der Waals surface area contributed by atoms with E-state index in [1.807, 2.05) is 18.2 Å². The molecule has 3 atom stereocenters. The highest BCUT2D eigenvalue weighted by Gasteiger charge is 2.34. The second-order valence-corrected chi connectivity index (χ2v) is 5.78. The molecule has 3 unspecified atom stereocenters. The number of halogens is 1. The van der Waals surface area contributed by atoms with Crippen molar-refractivity contribution in [3.8, 4) is 5.75 Å². The standard InChI is InChI=1S/C16H24ClNO2/c1-4-8-18-16(13-7-9-20-11(13)2)14-10-12(17)5-6-15(14)19-3/h5-6,10-11,13,16,18H,4,7-9H2,1-3H3. The smallest absolute Gasteiger partial charge is 0.123 e. The summed E-state index contributed by atoms with van der Waals surface area (Å²) in [4.78, 5) is 0. The van der Waals surface area contributed by atoms with Crippen LogP contribution in [0.1, 0.15) is 38.3 Å². The third kappa shape index (κ3) is 3.46. The fraction of sp³-hybridized carbons (Fsp3) is 0.625. The summed E-state index contributed by atoms with van der Waals surface area (Å²) >= 11 is 6.18. The highest BCUT2D eigenvalue weighted by molar-refractivity contribution is 6.30. The van der Waals surface area contributed by atoms with Crippen LogP contribution in [0.25, 0.3) is 0 Å². The molecule has 0 radical (unpaired) electrons. The Labute approximate surface area is 126 Å². The first-order valence-corrected chi connectivity index (χ1v) is 7.73. The van der Waals surface area contributed by atoms with Gasteiger partial charge in [-0.1, -0.05) is 18.5 Å². The van der Waals surface area contributed by atoms with Crippen LogP contribution in [0.15, 0.2) is 18.2 Å². The topological polar surface area (TPSA) is 30.5 Å². The van der Waals surface area contributed by atoms with Crippen LogP contribution in [0.4, 0.5) is 0 Å². The molecule has 1 saturated heterocycles. The maximum absolute atomic E-state index is 6.18. The first kappa shape index (κ1) is 15.6. The summed E-state index contributed by atoms with van der Waals surface area (Å²) in [7, 11) is 1.71. The first-order valence-electron chi connectivity index (χ1n) is 7.35. The Kier molecular flexibility index (Phi) is 5.70. The van der Waals surface area contributed by atoms with Gasteiger partial charge in [0.1, 0.15) is 5.75 Å². The molecule has 1 fully saturated rings. The third-order valence-electron chi connectivity index (χ3n) is 4.00. The van der Waals surface area contributed by atoms with Crippen LogP contribution < -0.4 is 10.1 Å². The quantitative estimate of drug-likeness (QED) is 0.866. The predicted molar refractivity (Wildman–Crippen MR) is 82.6 cm³/mol. The number of hydrogen-bond acceptors (Lipinski definition) is 3. The fourth-order valence-corrected chi connectivity index (χ4v) is 3.11. The number of benzene rings is 1. The van der Waals surface area contributed by atoms with Gasteiger partial charge in [0.2, 0.25) is 0 Å². The molecule has 20 heavy (non-hydrogen) atoms. The van der Waals surface area contributed by atoms with E-state index >= 15 is 0 Å². The Hall–Kier alpha value is -0.770. The number of methoxy groups -OCH3 is 1. The van der Waals surface area contributed by atoms with Gasteiger partial charge in [0.05, 0.1) is 13.2 Å². The largest absolute Gasteiger partial charge is 0.496 e. The summed E-state index contributed by atoms with van der Waals surface area (Å²) in [5, 5.41) is 4.39. The molecule has 0 saturated carbocycles. The van der Waals surface area contributed by atoms with Crippen molar-refractivity contribution in [1.29, 1.82) is 0 Å². The lowest BCUT2D eigenvalue weighted by molar-refractivity contribution is 0.0950. The van der Waals surface area contributed by atoms with Gasteiger partial charge in [-0.25, -0.2) is 0 Å². The SMILES string of the molecule is CCCNC(c1cc(Cl)ccc1OC)C1CCOC1C. The van der Waals surface area contributed by atoms with Crippen molar-refractivity contribution < 1.29 is 9.47 Å². The molecule has 1 heterocycles. The molecule has 0 bridgehead atoms. The molecule has 112 valence electrons. The minimum Gasteiger partial charge on any atom is -0.496 e. The van der Waals surface area contributed by atoms with Crippen molar-refractivity contribution in [3.63, 3.8) is 0 Å². The third-order valence-corrected chi connectivity index (χ3v) is 4.24. The van der Waals surface area contributed by atoms with Gasteiger partial charge in [0, 0.05) is 29.2 Å². The Balaban J connectivity index is 2.32. The van der Waals surface area contributed by atoms with Gasteiger partial charge >= 0.3 is 0 Å². The van der Waals surface area contributed by atoms with Gasteiger partial charge in [-0.15, -0.1) is 0 Å². The number of rotatable bonds is 6. The lowest BCUT2D eigenvalue weighted by atomic mass is 9.87. The van der Waals surface area contributed by atoms with E-state index in [1.54, 1.807) is 7.11 Å². The minimum absolute atomic E-state index is 0.223. The Morgan fingerprint density at radius 3 is 2.90 bits per heavy atom. The Morgan fingerprint density at radius 2 is 2.30 bits per heavy atom. The molecule has 2 rings (SSSR count). The van der Waals surface area contributed by atoms with Crippen molar-refractivity contribution in [2.24, 2.45) is 5.92 Å². The normalized spacial score (nSPS) is 23.8. The minimum atomic E-state index is 0.223. The zero-order chi connectivity index (χ0) is 14.5. The Bertz CT molecular complexity index is 438. The van der Waals surface area contributed by atoms with Crippen molar-refractivity contribution in [3.05, 3.63) is 28.8 Å². The summed E-state index contributed by atoms with van der Waals surface area (Å²) in [6.45, 7) is 6.13. The average molecular weight is 298 g/mol. The molecule has 4 heteroatoms. The number of nitrogens with one attached hydrogen (secondary N) is 1.